The minimum absolute atomic E-state index is 0.0161. The topological polar surface area (TPSA) is 67.6 Å². The first kappa shape index (κ1) is 16.8. The largest absolute Gasteiger partial charge is 0.285 e. The third kappa shape index (κ3) is 2.81. The fourth-order valence-corrected chi connectivity index (χ4v) is 5.57. The van der Waals surface area contributed by atoms with E-state index in [1.54, 1.807) is 6.07 Å². The van der Waals surface area contributed by atoms with E-state index in [4.69, 9.17) is 23.2 Å². The Morgan fingerprint density at radius 3 is 2.80 bits per heavy atom. The van der Waals surface area contributed by atoms with E-state index in [9.17, 15) is 8.42 Å². The van der Waals surface area contributed by atoms with Crippen LogP contribution in [-0.2, 0) is 10.0 Å². The molecule has 9 heteroatoms. The number of hydrogen-bond donors (Lipinski definition) is 0. The highest BCUT2D eigenvalue weighted by atomic mass is 35.5. The molecule has 1 aliphatic rings. The summed E-state index contributed by atoms with van der Waals surface area (Å²) in [6, 6.07) is 9.61. The van der Waals surface area contributed by atoms with Crippen molar-refractivity contribution in [3.8, 4) is 0 Å². The van der Waals surface area contributed by atoms with Gasteiger partial charge in [-0.1, -0.05) is 29.3 Å². The molecule has 2 aromatic heterocycles. The Morgan fingerprint density at radius 1 is 1.12 bits per heavy atom. The van der Waals surface area contributed by atoms with Crippen molar-refractivity contribution in [1.29, 1.82) is 0 Å². The van der Waals surface area contributed by atoms with E-state index in [-0.39, 0.29) is 9.92 Å². The number of hydrogen-bond acceptors (Lipinski definition) is 4. The van der Waals surface area contributed by atoms with Crippen LogP contribution in [0.5, 0.6) is 0 Å². The molecule has 1 atom stereocenters. The maximum Gasteiger partial charge on any atom is 0.245 e. The lowest BCUT2D eigenvalue weighted by atomic mass is 10.2. The van der Waals surface area contributed by atoms with Gasteiger partial charge in [-0.2, -0.15) is 4.31 Å². The van der Waals surface area contributed by atoms with E-state index in [1.165, 1.54) is 16.4 Å². The number of fused-ring (bicyclic) bond motifs is 1. The maximum absolute atomic E-state index is 13.2. The number of halogens is 2. The first-order chi connectivity index (χ1) is 12.0. The number of aromatic nitrogens is 3. The zero-order valence-corrected chi connectivity index (χ0v) is 15.3. The third-order valence-corrected chi connectivity index (χ3v) is 6.95. The molecule has 3 aromatic rings. The third-order valence-electron chi connectivity index (χ3n) is 4.32. The zero-order valence-electron chi connectivity index (χ0n) is 13.0. The van der Waals surface area contributed by atoms with E-state index in [1.807, 2.05) is 28.8 Å². The van der Waals surface area contributed by atoms with Gasteiger partial charge in [0, 0.05) is 17.8 Å². The molecule has 0 radical (unpaired) electrons. The lowest BCUT2D eigenvalue weighted by Crippen LogP contribution is -2.31. The molecule has 4 rings (SSSR count). The predicted molar refractivity (Wildman–Crippen MR) is 95.3 cm³/mol. The normalized spacial score (nSPS) is 18.9. The molecule has 6 nitrogen and oxygen atoms in total. The number of rotatable bonds is 3. The quantitative estimate of drug-likeness (QED) is 0.678. The number of sulfonamides is 1. The second-order valence-electron chi connectivity index (χ2n) is 5.84. The summed E-state index contributed by atoms with van der Waals surface area (Å²) in [5.41, 5.74) is 0.683. The molecule has 3 heterocycles. The molecule has 130 valence electrons. The maximum atomic E-state index is 13.2. The molecule has 0 unspecified atom stereocenters. The molecule has 1 fully saturated rings. The summed E-state index contributed by atoms with van der Waals surface area (Å²) in [4.78, 5) is 0.0161. The smallest absolute Gasteiger partial charge is 0.245 e. The minimum atomic E-state index is -3.80. The van der Waals surface area contributed by atoms with Gasteiger partial charge in [-0.15, -0.1) is 10.2 Å². The van der Waals surface area contributed by atoms with Gasteiger partial charge in [0.15, 0.2) is 11.5 Å². The van der Waals surface area contributed by atoms with Crippen molar-refractivity contribution < 1.29 is 8.42 Å². The van der Waals surface area contributed by atoms with Crippen LogP contribution in [0.1, 0.15) is 24.7 Å². The number of benzene rings is 1. The Hall–Kier alpha value is -1.67. The summed E-state index contributed by atoms with van der Waals surface area (Å²) >= 11 is 12.1. The molecule has 0 aliphatic carbocycles. The summed E-state index contributed by atoms with van der Waals surface area (Å²) in [7, 11) is -3.80. The van der Waals surface area contributed by atoms with E-state index >= 15 is 0 Å². The average molecular weight is 397 g/mol. The van der Waals surface area contributed by atoms with Crippen molar-refractivity contribution in [1.82, 2.24) is 18.9 Å². The van der Waals surface area contributed by atoms with Crippen LogP contribution in [0.15, 0.2) is 47.5 Å². The summed E-state index contributed by atoms with van der Waals surface area (Å²) in [6.45, 7) is 0.400. The highest BCUT2D eigenvalue weighted by Crippen LogP contribution is 2.38. The Morgan fingerprint density at radius 2 is 1.96 bits per heavy atom. The molecular weight excluding hydrogens is 383 g/mol. The Bertz CT molecular complexity index is 1050. The van der Waals surface area contributed by atoms with Gasteiger partial charge in [0.05, 0.1) is 11.1 Å². The lowest BCUT2D eigenvalue weighted by Gasteiger charge is -2.23. The van der Waals surface area contributed by atoms with Gasteiger partial charge in [0.25, 0.3) is 0 Å². The van der Waals surface area contributed by atoms with Gasteiger partial charge in [-0.3, -0.25) is 4.40 Å². The van der Waals surface area contributed by atoms with E-state index in [0.717, 1.165) is 6.42 Å². The molecular formula is C16H14Cl2N4O2S. The fraction of sp³-hybridized carbons (Fsp3) is 0.250. The second-order valence-corrected chi connectivity index (χ2v) is 8.54. The van der Waals surface area contributed by atoms with Crippen molar-refractivity contribution in [2.75, 3.05) is 6.54 Å². The van der Waals surface area contributed by atoms with Crippen LogP contribution < -0.4 is 0 Å². The molecule has 0 N–H and O–H groups in total. The van der Waals surface area contributed by atoms with Crippen LogP contribution in [0.3, 0.4) is 0 Å². The van der Waals surface area contributed by atoms with Crippen molar-refractivity contribution >= 4 is 38.9 Å². The highest BCUT2D eigenvalue weighted by molar-refractivity contribution is 7.89. The van der Waals surface area contributed by atoms with Crippen LogP contribution in [0.4, 0.5) is 0 Å². The van der Waals surface area contributed by atoms with Crippen molar-refractivity contribution in [2.24, 2.45) is 0 Å². The monoisotopic (exact) mass is 396 g/mol. The van der Waals surface area contributed by atoms with E-state index in [2.05, 4.69) is 10.2 Å². The zero-order chi connectivity index (χ0) is 17.6. The van der Waals surface area contributed by atoms with Crippen molar-refractivity contribution in [2.45, 2.75) is 23.8 Å². The van der Waals surface area contributed by atoms with E-state index in [0.29, 0.717) is 29.5 Å². The molecule has 0 spiro atoms. The van der Waals surface area contributed by atoms with Gasteiger partial charge in [0.1, 0.15) is 4.90 Å². The summed E-state index contributed by atoms with van der Waals surface area (Å²) in [5.74, 6) is 0.606. The standard InChI is InChI=1S/C16H14Cl2N4O2S/c17-11-6-7-12(18)14(10-11)25(23,24)22-9-3-4-13(22)16-20-19-15-5-1-2-8-21(15)16/h1-2,5-8,10,13H,3-4,9H2/t13-/m1/s1. The highest BCUT2D eigenvalue weighted by Gasteiger charge is 2.39. The van der Waals surface area contributed by atoms with Crippen LogP contribution in [-0.4, -0.2) is 33.9 Å². The fourth-order valence-electron chi connectivity index (χ4n) is 3.17. The molecule has 0 saturated carbocycles. The lowest BCUT2D eigenvalue weighted by molar-refractivity contribution is 0.381. The number of pyridine rings is 1. The summed E-state index contributed by atoms with van der Waals surface area (Å²) in [5, 5.41) is 8.83. The molecule has 0 bridgehead atoms. The summed E-state index contributed by atoms with van der Waals surface area (Å²) in [6.07, 6.45) is 3.25. The van der Waals surface area contributed by atoms with Crippen molar-refractivity contribution in [3.63, 3.8) is 0 Å². The van der Waals surface area contributed by atoms with Gasteiger partial charge >= 0.3 is 0 Å². The predicted octanol–water partition coefficient (Wildman–Crippen LogP) is 3.56. The molecule has 1 saturated heterocycles. The van der Waals surface area contributed by atoms with Gasteiger partial charge in [-0.25, -0.2) is 8.42 Å². The van der Waals surface area contributed by atoms with Crippen molar-refractivity contribution in [3.05, 3.63) is 58.5 Å². The summed E-state index contributed by atoms with van der Waals surface area (Å²) < 4.78 is 29.6. The SMILES string of the molecule is O=S(=O)(c1cc(Cl)ccc1Cl)N1CCC[C@@H]1c1nnc2ccccn12. The van der Waals surface area contributed by atoms with Crippen LogP contribution in [0.2, 0.25) is 10.0 Å². The molecule has 25 heavy (non-hydrogen) atoms. The Kier molecular flexibility index (Phi) is 4.19. The molecule has 1 aliphatic heterocycles. The minimum Gasteiger partial charge on any atom is -0.285 e. The average Bonchev–Trinajstić information content (AvgIpc) is 3.23. The molecule has 1 aromatic carbocycles. The Balaban J connectivity index is 1.80. The first-order valence-corrected chi connectivity index (χ1v) is 9.94. The van der Waals surface area contributed by atoms with Crippen LogP contribution in [0.25, 0.3) is 5.65 Å². The van der Waals surface area contributed by atoms with Gasteiger partial charge < -0.3 is 0 Å². The molecule has 0 amide bonds. The van der Waals surface area contributed by atoms with Crippen LogP contribution in [0, 0.1) is 0 Å². The van der Waals surface area contributed by atoms with Gasteiger partial charge in [0.2, 0.25) is 10.0 Å². The Labute approximate surface area is 155 Å². The first-order valence-electron chi connectivity index (χ1n) is 7.75. The second kappa shape index (κ2) is 6.25. The number of nitrogens with zero attached hydrogens (tertiary/aromatic N) is 4. The van der Waals surface area contributed by atoms with Gasteiger partial charge in [-0.05, 0) is 43.2 Å². The van der Waals surface area contributed by atoms with E-state index < -0.39 is 16.1 Å². The van der Waals surface area contributed by atoms with Crippen LogP contribution >= 0.6 is 23.2 Å².